The third kappa shape index (κ3) is 13.5. The minimum absolute atomic E-state index is 0.366. The first kappa shape index (κ1) is 21.8. The summed E-state index contributed by atoms with van der Waals surface area (Å²) in [6.07, 6.45) is 16.0. The molecule has 8 N–H and O–H groups in total. The van der Waals surface area contributed by atoms with E-state index in [-0.39, 0.29) is 0 Å². The van der Waals surface area contributed by atoms with Gasteiger partial charge in [-0.3, -0.25) is 0 Å². The quantitative estimate of drug-likeness (QED) is 0.310. The summed E-state index contributed by atoms with van der Waals surface area (Å²) in [7, 11) is 0. The van der Waals surface area contributed by atoms with Crippen LogP contribution in [0.25, 0.3) is 0 Å². The van der Waals surface area contributed by atoms with Gasteiger partial charge in [-0.2, -0.15) is 0 Å². The summed E-state index contributed by atoms with van der Waals surface area (Å²) in [6.45, 7) is 2.44. The Hall–Kier alpha value is -0.160. The largest absolute Gasteiger partial charge is 0.330 e. The van der Waals surface area contributed by atoms with Crippen LogP contribution in [0.2, 0.25) is 0 Å². The van der Waals surface area contributed by atoms with E-state index in [0.29, 0.717) is 12.0 Å². The minimum Gasteiger partial charge on any atom is -0.330 e. The molecule has 0 aromatic heterocycles. The maximum atomic E-state index is 6.48. The number of hydrogen-bond donors (Lipinski definition) is 4. The lowest BCUT2D eigenvalue weighted by Crippen LogP contribution is -2.30. The van der Waals surface area contributed by atoms with Gasteiger partial charge in [-0.05, 0) is 64.1 Å². The Morgan fingerprint density at radius 1 is 0.455 bits per heavy atom. The van der Waals surface area contributed by atoms with Crippen molar-refractivity contribution in [3.8, 4) is 0 Å². The van der Waals surface area contributed by atoms with Crippen LogP contribution < -0.4 is 22.9 Å². The van der Waals surface area contributed by atoms with E-state index in [1.807, 2.05) is 0 Å². The van der Waals surface area contributed by atoms with Gasteiger partial charge >= 0.3 is 0 Å². The Labute approximate surface area is 138 Å². The molecule has 0 aromatic carbocycles. The van der Waals surface area contributed by atoms with Gasteiger partial charge < -0.3 is 22.9 Å². The van der Waals surface area contributed by atoms with E-state index in [0.717, 1.165) is 45.3 Å². The summed E-state index contributed by atoms with van der Waals surface area (Å²) >= 11 is 0. The summed E-state index contributed by atoms with van der Waals surface area (Å²) in [5.74, 6) is 0.688. The molecule has 2 unspecified atom stereocenters. The second-order valence-electron chi connectivity index (χ2n) is 6.69. The van der Waals surface area contributed by atoms with E-state index in [4.69, 9.17) is 22.9 Å². The Balaban J connectivity index is 3.96. The third-order valence-corrected chi connectivity index (χ3v) is 4.66. The molecule has 0 rings (SSSR count). The van der Waals surface area contributed by atoms with Crippen molar-refractivity contribution in [2.75, 3.05) is 19.6 Å². The Bertz CT molecular complexity index is 211. The fraction of sp³-hybridized carbons (Fsp3) is 1.00. The van der Waals surface area contributed by atoms with Crippen LogP contribution in [0.1, 0.15) is 83.5 Å². The zero-order valence-electron chi connectivity index (χ0n) is 14.8. The van der Waals surface area contributed by atoms with Crippen LogP contribution in [-0.4, -0.2) is 25.7 Å². The van der Waals surface area contributed by atoms with Crippen LogP contribution in [-0.2, 0) is 0 Å². The molecule has 0 aliphatic carbocycles. The molecule has 134 valence electrons. The molecule has 0 heterocycles. The molecular weight excluding hydrogens is 272 g/mol. The van der Waals surface area contributed by atoms with Gasteiger partial charge in [0.2, 0.25) is 0 Å². The number of rotatable bonds is 17. The zero-order valence-corrected chi connectivity index (χ0v) is 14.8. The molecule has 0 radical (unpaired) electrons. The van der Waals surface area contributed by atoms with Gasteiger partial charge in [-0.1, -0.05) is 44.9 Å². The average molecular weight is 315 g/mol. The van der Waals surface area contributed by atoms with E-state index in [9.17, 15) is 0 Å². The molecule has 0 aromatic rings. The molecule has 4 nitrogen and oxygen atoms in total. The Morgan fingerprint density at radius 3 is 1.27 bits per heavy atom. The first-order valence-electron chi connectivity index (χ1n) is 9.62. The maximum Gasteiger partial charge on any atom is 0.00671 e. The summed E-state index contributed by atoms with van der Waals surface area (Å²) in [4.78, 5) is 0. The van der Waals surface area contributed by atoms with Crippen molar-refractivity contribution in [3.05, 3.63) is 0 Å². The molecular formula is C18H42N4. The first-order chi connectivity index (χ1) is 10.8. The smallest absolute Gasteiger partial charge is 0.00671 e. The Kier molecular flexibility index (Phi) is 17.1. The molecule has 0 fully saturated rings. The van der Waals surface area contributed by atoms with Crippen molar-refractivity contribution in [2.24, 2.45) is 28.9 Å². The van der Waals surface area contributed by atoms with Crippen molar-refractivity contribution >= 4 is 0 Å². The van der Waals surface area contributed by atoms with Crippen LogP contribution in [0.5, 0.6) is 0 Å². The molecule has 4 heteroatoms. The van der Waals surface area contributed by atoms with Gasteiger partial charge in [0, 0.05) is 6.04 Å². The topological polar surface area (TPSA) is 104 Å². The molecule has 22 heavy (non-hydrogen) atoms. The number of unbranched alkanes of at least 4 members (excludes halogenated alkanes) is 7. The third-order valence-electron chi connectivity index (χ3n) is 4.66. The highest BCUT2D eigenvalue weighted by atomic mass is 14.6. The van der Waals surface area contributed by atoms with E-state index >= 15 is 0 Å². The maximum absolute atomic E-state index is 6.48. The van der Waals surface area contributed by atoms with Gasteiger partial charge in [-0.15, -0.1) is 0 Å². The summed E-state index contributed by atoms with van der Waals surface area (Å²) < 4.78 is 0. The van der Waals surface area contributed by atoms with Crippen molar-refractivity contribution < 1.29 is 0 Å². The molecule has 0 spiro atoms. The zero-order chi connectivity index (χ0) is 16.5. The summed E-state index contributed by atoms with van der Waals surface area (Å²) in [5.41, 5.74) is 23.2. The van der Waals surface area contributed by atoms with E-state index in [1.165, 1.54) is 57.8 Å². The highest BCUT2D eigenvalue weighted by Gasteiger charge is 2.16. The van der Waals surface area contributed by atoms with E-state index < -0.39 is 0 Å². The predicted molar refractivity (Wildman–Crippen MR) is 98.6 cm³/mol. The SMILES string of the molecule is NCCCCCCC(CCCCCN)C(N)CCCCCN. The molecule has 0 amide bonds. The normalized spacial score (nSPS) is 14.2. The summed E-state index contributed by atoms with van der Waals surface area (Å²) in [6, 6.07) is 0.366. The monoisotopic (exact) mass is 314 g/mol. The van der Waals surface area contributed by atoms with Crippen LogP contribution in [0.15, 0.2) is 0 Å². The van der Waals surface area contributed by atoms with Gasteiger partial charge in [0.1, 0.15) is 0 Å². The van der Waals surface area contributed by atoms with Crippen molar-refractivity contribution in [2.45, 2.75) is 89.5 Å². The van der Waals surface area contributed by atoms with Crippen molar-refractivity contribution in [3.63, 3.8) is 0 Å². The van der Waals surface area contributed by atoms with Gasteiger partial charge in [0.25, 0.3) is 0 Å². The van der Waals surface area contributed by atoms with E-state index in [1.54, 1.807) is 0 Å². The lowest BCUT2D eigenvalue weighted by Gasteiger charge is -2.24. The fourth-order valence-corrected chi connectivity index (χ4v) is 3.14. The Morgan fingerprint density at radius 2 is 0.818 bits per heavy atom. The van der Waals surface area contributed by atoms with E-state index in [2.05, 4.69) is 0 Å². The van der Waals surface area contributed by atoms with Crippen molar-refractivity contribution in [1.29, 1.82) is 0 Å². The fourth-order valence-electron chi connectivity index (χ4n) is 3.14. The van der Waals surface area contributed by atoms with Crippen LogP contribution in [0.4, 0.5) is 0 Å². The summed E-state index contributed by atoms with van der Waals surface area (Å²) in [5, 5.41) is 0. The van der Waals surface area contributed by atoms with Gasteiger partial charge in [0.15, 0.2) is 0 Å². The van der Waals surface area contributed by atoms with Gasteiger partial charge in [0.05, 0.1) is 0 Å². The van der Waals surface area contributed by atoms with Crippen LogP contribution >= 0.6 is 0 Å². The molecule has 0 aliphatic rings. The highest BCUT2D eigenvalue weighted by molar-refractivity contribution is 4.74. The molecule has 0 bridgehead atoms. The lowest BCUT2D eigenvalue weighted by molar-refractivity contribution is 0.323. The second kappa shape index (κ2) is 17.2. The minimum atomic E-state index is 0.366. The number of nitrogens with two attached hydrogens (primary N) is 4. The average Bonchev–Trinajstić information content (AvgIpc) is 2.53. The van der Waals surface area contributed by atoms with Crippen molar-refractivity contribution in [1.82, 2.24) is 0 Å². The lowest BCUT2D eigenvalue weighted by atomic mass is 9.86. The van der Waals surface area contributed by atoms with Crippen LogP contribution in [0.3, 0.4) is 0 Å². The molecule has 0 saturated carbocycles. The standard InChI is InChI=1S/C18H42N4/c19-14-8-2-1-5-11-17(12-6-3-9-15-20)18(22)13-7-4-10-16-21/h17-18H,1-16,19-22H2. The van der Waals surface area contributed by atoms with Crippen LogP contribution in [0, 0.1) is 5.92 Å². The molecule has 2 atom stereocenters. The second-order valence-corrected chi connectivity index (χ2v) is 6.69. The predicted octanol–water partition coefficient (Wildman–Crippen LogP) is 2.88. The molecule has 0 saturated heterocycles. The highest BCUT2D eigenvalue weighted by Crippen LogP contribution is 2.23. The molecule has 0 aliphatic heterocycles. The van der Waals surface area contributed by atoms with Gasteiger partial charge in [-0.25, -0.2) is 0 Å². The first-order valence-corrected chi connectivity index (χ1v) is 9.62. The number of hydrogen-bond acceptors (Lipinski definition) is 4.